The molecule has 1 aliphatic rings. The molecule has 0 spiro atoms. The van der Waals surface area contributed by atoms with Crippen LogP contribution in [0.3, 0.4) is 0 Å². The minimum absolute atomic E-state index is 0.0821. The van der Waals surface area contributed by atoms with Gasteiger partial charge >= 0.3 is 0 Å². The van der Waals surface area contributed by atoms with E-state index in [1.165, 1.54) is 0 Å². The molecule has 0 unspecified atom stereocenters. The van der Waals surface area contributed by atoms with Crippen molar-refractivity contribution in [2.24, 2.45) is 5.41 Å². The third-order valence-corrected chi connectivity index (χ3v) is 4.67. The van der Waals surface area contributed by atoms with Crippen molar-refractivity contribution >= 4 is 5.91 Å². The van der Waals surface area contributed by atoms with E-state index in [2.05, 4.69) is 17.6 Å². The average molecular weight is 256 g/mol. The maximum atomic E-state index is 12.6. The SMILES string of the molecule is CCC1(C(=O)NC(C)(C)C(C)(C)O)CCNCC1. The predicted molar refractivity (Wildman–Crippen MR) is 73.3 cm³/mol. The van der Waals surface area contributed by atoms with Crippen molar-refractivity contribution in [2.75, 3.05) is 13.1 Å². The van der Waals surface area contributed by atoms with Gasteiger partial charge in [-0.3, -0.25) is 4.79 Å². The van der Waals surface area contributed by atoms with Gasteiger partial charge in [0, 0.05) is 0 Å². The van der Waals surface area contributed by atoms with Crippen molar-refractivity contribution in [2.45, 2.75) is 65.0 Å². The van der Waals surface area contributed by atoms with Crippen molar-refractivity contribution in [1.82, 2.24) is 10.6 Å². The highest BCUT2D eigenvalue weighted by molar-refractivity contribution is 5.83. The average Bonchev–Trinajstić information content (AvgIpc) is 2.27. The second kappa shape index (κ2) is 5.17. The summed E-state index contributed by atoms with van der Waals surface area (Å²) in [4.78, 5) is 12.6. The van der Waals surface area contributed by atoms with E-state index in [0.717, 1.165) is 32.4 Å². The van der Waals surface area contributed by atoms with Crippen LogP contribution in [-0.2, 0) is 4.79 Å². The van der Waals surface area contributed by atoms with Gasteiger partial charge in [0.05, 0.1) is 16.6 Å². The lowest BCUT2D eigenvalue weighted by atomic mass is 9.74. The van der Waals surface area contributed by atoms with Gasteiger partial charge in [0.15, 0.2) is 0 Å². The zero-order chi connectivity index (χ0) is 14.0. The highest BCUT2D eigenvalue weighted by atomic mass is 16.3. The Hall–Kier alpha value is -0.610. The molecule has 1 saturated heterocycles. The second-order valence-electron chi connectivity index (χ2n) is 6.52. The first-order valence-electron chi connectivity index (χ1n) is 6.90. The lowest BCUT2D eigenvalue weighted by molar-refractivity contribution is -0.138. The third kappa shape index (κ3) is 3.04. The fourth-order valence-electron chi connectivity index (χ4n) is 2.22. The summed E-state index contributed by atoms with van der Waals surface area (Å²) in [7, 11) is 0. The fourth-order valence-corrected chi connectivity index (χ4v) is 2.22. The van der Waals surface area contributed by atoms with E-state index in [4.69, 9.17) is 0 Å². The summed E-state index contributed by atoms with van der Waals surface area (Å²) in [5, 5.41) is 16.5. The predicted octanol–water partition coefficient (Wildman–Crippen LogP) is 1.43. The summed E-state index contributed by atoms with van der Waals surface area (Å²) in [6.45, 7) is 11.1. The summed E-state index contributed by atoms with van der Waals surface area (Å²) in [5.74, 6) is 0.0821. The van der Waals surface area contributed by atoms with Crippen molar-refractivity contribution in [3.63, 3.8) is 0 Å². The summed E-state index contributed by atoms with van der Waals surface area (Å²) in [6, 6.07) is 0. The Bertz CT molecular complexity index is 299. The highest BCUT2D eigenvalue weighted by Gasteiger charge is 2.43. The van der Waals surface area contributed by atoms with E-state index in [0.29, 0.717) is 0 Å². The Morgan fingerprint density at radius 2 is 1.78 bits per heavy atom. The van der Waals surface area contributed by atoms with Gasteiger partial charge in [-0.1, -0.05) is 6.92 Å². The van der Waals surface area contributed by atoms with Crippen LogP contribution in [-0.4, -0.2) is 35.2 Å². The molecule has 1 rings (SSSR count). The Kier molecular flexibility index (Phi) is 4.44. The first kappa shape index (κ1) is 15.4. The van der Waals surface area contributed by atoms with Crippen LogP contribution in [0.2, 0.25) is 0 Å². The molecular weight excluding hydrogens is 228 g/mol. The second-order valence-corrected chi connectivity index (χ2v) is 6.52. The van der Waals surface area contributed by atoms with Crippen molar-refractivity contribution in [3.05, 3.63) is 0 Å². The fraction of sp³-hybridized carbons (Fsp3) is 0.929. The quantitative estimate of drug-likeness (QED) is 0.713. The molecule has 4 nitrogen and oxygen atoms in total. The topological polar surface area (TPSA) is 61.4 Å². The zero-order valence-electron chi connectivity index (χ0n) is 12.4. The Labute approximate surface area is 111 Å². The number of nitrogens with one attached hydrogen (secondary N) is 2. The molecule has 0 atom stereocenters. The van der Waals surface area contributed by atoms with Gasteiger partial charge in [-0.15, -0.1) is 0 Å². The maximum Gasteiger partial charge on any atom is 0.226 e. The van der Waals surface area contributed by atoms with Crippen LogP contribution in [0, 0.1) is 5.41 Å². The van der Waals surface area contributed by atoms with Gasteiger partial charge < -0.3 is 15.7 Å². The van der Waals surface area contributed by atoms with Gasteiger partial charge in [0.2, 0.25) is 5.91 Å². The highest BCUT2D eigenvalue weighted by Crippen LogP contribution is 2.34. The van der Waals surface area contributed by atoms with E-state index >= 15 is 0 Å². The molecule has 0 saturated carbocycles. The summed E-state index contributed by atoms with van der Waals surface area (Å²) < 4.78 is 0. The Morgan fingerprint density at radius 1 is 1.28 bits per heavy atom. The summed E-state index contributed by atoms with van der Waals surface area (Å²) >= 11 is 0. The summed E-state index contributed by atoms with van der Waals surface area (Å²) in [5.41, 5.74) is -1.84. The summed E-state index contributed by atoms with van der Waals surface area (Å²) in [6.07, 6.45) is 2.59. The molecule has 1 amide bonds. The van der Waals surface area contributed by atoms with Gasteiger partial charge in [0.1, 0.15) is 0 Å². The number of hydrogen-bond acceptors (Lipinski definition) is 3. The number of piperidine rings is 1. The molecule has 1 aliphatic heterocycles. The normalized spacial score (nSPS) is 20.6. The molecule has 3 N–H and O–H groups in total. The third-order valence-electron chi connectivity index (χ3n) is 4.67. The van der Waals surface area contributed by atoms with Crippen molar-refractivity contribution in [3.8, 4) is 0 Å². The monoisotopic (exact) mass is 256 g/mol. The molecule has 1 heterocycles. The number of hydrogen-bond donors (Lipinski definition) is 3. The smallest absolute Gasteiger partial charge is 0.226 e. The molecule has 0 aromatic rings. The molecule has 0 bridgehead atoms. The van der Waals surface area contributed by atoms with Crippen LogP contribution in [0.1, 0.15) is 53.9 Å². The number of amides is 1. The minimum atomic E-state index is -0.940. The van der Waals surface area contributed by atoms with Crippen LogP contribution >= 0.6 is 0 Å². The maximum absolute atomic E-state index is 12.6. The lowest BCUT2D eigenvalue weighted by Gasteiger charge is -2.43. The van der Waals surface area contributed by atoms with E-state index in [1.54, 1.807) is 13.8 Å². The number of carbonyl (C=O) groups is 1. The largest absolute Gasteiger partial charge is 0.388 e. The molecule has 4 heteroatoms. The minimum Gasteiger partial charge on any atom is -0.388 e. The number of carbonyl (C=O) groups excluding carboxylic acids is 1. The lowest BCUT2D eigenvalue weighted by Crippen LogP contribution is -2.61. The molecule has 106 valence electrons. The molecule has 0 aromatic carbocycles. The molecule has 0 aromatic heterocycles. The van der Waals surface area contributed by atoms with Crippen LogP contribution in [0.25, 0.3) is 0 Å². The van der Waals surface area contributed by atoms with Crippen LogP contribution in [0.15, 0.2) is 0 Å². The molecule has 0 aliphatic carbocycles. The van der Waals surface area contributed by atoms with Crippen LogP contribution in [0.5, 0.6) is 0 Å². The van der Waals surface area contributed by atoms with Crippen molar-refractivity contribution in [1.29, 1.82) is 0 Å². The van der Waals surface area contributed by atoms with E-state index in [-0.39, 0.29) is 11.3 Å². The van der Waals surface area contributed by atoms with Gasteiger partial charge in [-0.2, -0.15) is 0 Å². The molecular formula is C14H28N2O2. The molecule has 1 fully saturated rings. The Balaban J connectivity index is 2.80. The first-order valence-corrected chi connectivity index (χ1v) is 6.90. The Morgan fingerprint density at radius 3 is 2.17 bits per heavy atom. The number of rotatable bonds is 4. The van der Waals surface area contributed by atoms with E-state index < -0.39 is 11.1 Å². The first-order chi connectivity index (χ1) is 8.15. The van der Waals surface area contributed by atoms with Gasteiger partial charge in [-0.05, 0) is 60.0 Å². The van der Waals surface area contributed by atoms with Crippen molar-refractivity contribution < 1.29 is 9.90 Å². The zero-order valence-corrected chi connectivity index (χ0v) is 12.4. The van der Waals surface area contributed by atoms with E-state index in [1.807, 2.05) is 13.8 Å². The van der Waals surface area contributed by atoms with E-state index in [9.17, 15) is 9.90 Å². The number of aliphatic hydroxyl groups is 1. The van der Waals surface area contributed by atoms with Crippen LogP contribution < -0.4 is 10.6 Å². The van der Waals surface area contributed by atoms with Crippen LogP contribution in [0.4, 0.5) is 0 Å². The molecule has 18 heavy (non-hydrogen) atoms. The van der Waals surface area contributed by atoms with Gasteiger partial charge in [0.25, 0.3) is 0 Å². The van der Waals surface area contributed by atoms with Gasteiger partial charge in [-0.25, -0.2) is 0 Å². The standard InChI is InChI=1S/C14H28N2O2/c1-6-14(7-9-15-10-8-14)11(17)16-12(2,3)13(4,5)18/h15,18H,6-10H2,1-5H3,(H,16,17). The molecule has 0 radical (unpaired) electrons.